The fourth-order valence-electron chi connectivity index (χ4n) is 5.04. The van der Waals surface area contributed by atoms with E-state index in [1.807, 2.05) is 35.7 Å². The second kappa shape index (κ2) is 7.63. The van der Waals surface area contributed by atoms with Crippen LogP contribution < -0.4 is 0 Å². The van der Waals surface area contributed by atoms with E-state index in [2.05, 4.69) is 28.6 Å². The zero-order chi connectivity index (χ0) is 18.9. The van der Waals surface area contributed by atoms with Crippen molar-refractivity contribution < 1.29 is 4.39 Å². The molecular weight excluding hydrogens is 365 g/mol. The van der Waals surface area contributed by atoms with E-state index in [9.17, 15) is 4.39 Å². The highest BCUT2D eigenvalue weighted by atomic mass is 32.1. The molecule has 0 saturated heterocycles. The van der Waals surface area contributed by atoms with Gasteiger partial charge in [0.05, 0.1) is 5.69 Å². The van der Waals surface area contributed by atoms with Crippen LogP contribution in [-0.4, -0.2) is 4.98 Å². The van der Waals surface area contributed by atoms with Gasteiger partial charge in [0.1, 0.15) is 5.82 Å². The first-order valence-electron chi connectivity index (χ1n) is 10.2. The largest absolute Gasteiger partial charge is 0.256 e. The molecule has 0 amide bonds. The van der Waals surface area contributed by atoms with Crippen LogP contribution >= 0.6 is 11.3 Å². The number of halogens is 1. The third-order valence-electron chi connectivity index (χ3n) is 6.43. The van der Waals surface area contributed by atoms with Gasteiger partial charge in [-0.3, -0.25) is 4.98 Å². The summed E-state index contributed by atoms with van der Waals surface area (Å²) in [5.41, 5.74) is 4.32. The smallest absolute Gasteiger partial charge is 0.123 e. The quantitative estimate of drug-likeness (QED) is 0.465. The number of rotatable bonds is 3. The summed E-state index contributed by atoms with van der Waals surface area (Å²) in [6, 6.07) is 13.1. The van der Waals surface area contributed by atoms with Crippen molar-refractivity contribution in [3.05, 3.63) is 82.1 Å². The molecule has 28 heavy (non-hydrogen) atoms. The van der Waals surface area contributed by atoms with Gasteiger partial charge in [0.25, 0.3) is 0 Å². The maximum absolute atomic E-state index is 13.5. The Balaban J connectivity index is 1.39. The van der Waals surface area contributed by atoms with Crippen molar-refractivity contribution in [2.45, 2.75) is 38.0 Å². The number of nitrogens with zero attached hydrogens (tertiary/aromatic N) is 1. The Morgan fingerprint density at radius 1 is 1.04 bits per heavy atom. The Hall–Kier alpha value is -2.26. The lowest BCUT2D eigenvalue weighted by Gasteiger charge is -2.40. The van der Waals surface area contributed by atoms with E-state index < -0.39 is 0 Å². The first-order chi connectivity index (χ1) is 13.8. The topological polar surface area (TPSA) is 12.9 Å². The van der Waals surface area contributed by atoms with E-state index in [-0.39, 0.29) is 5.82 Å². The van der Waals surface area contributed by atoms with Crippen LogP contribution in [0.5, 0.6) is 0 Å². The van der Waals surface area contributed by atoms with E-state index in [1.165, 1.54) is 38.2 Å². The Morgan fingerprint density at radius 3 is 2.82 bits per heavy atom. The molecular formula is C25H24FNS. The molecule has 3 unspecified atom stereocenters. The number of hydrogen-bond acceptors (Lipinski definition) is 2. The minimum atomic E-state index is -0.215. The van der Waals surface area contributed by atoms with Crippen molar-refractivity contribution >= 4 is 17.4 Å². The molecule has 3 heteroatoms. The molecule has 1 fully saturated rings. The van der Waals surface area contributed by atoms with E-state index in [0.717, 1.165) is 28.7 Å². The maximum atomic E-state index is 13.5. The summed E-state index contributed by atoms with van der Waals surface area (Å²) in [5, 5.41) is 2.26. The molecule has 0 bridgehead atoms. The summed E-state index contributed by atoms with van der Waals surface area (Å²) in [5.74, 6) is 1.92. The molecule has 1 saturated carbocycles. The lowest BCUT2D eigenvalue weighted by atomic mass is 9.65. The average Bonchev–Trinajstić information content (AvgIpc) is 3.20. The number of benzene rings is 1. The van der Waals surface area contributed by atoms with E-state index >= 15 is 0 Å². The first-order valence-corrected chi connectivity index (χ1v) is 11.1. The summed E-state index contributed by atoms with van der Waals surface area (Å²) < 4.78 is 13.5. The SMILES string of the molecule is Fc1cccc(-c2ccc(/C=C/C3c4ccsc4CC4CCCCC43)nc2)c1. The number of thiophene rings is 1. The van der Waals surface area contributed by atoms with Gasteiger partial charge in [-0.1, -0.05) is 37.1 Å². The van der Waals surface area contributed by atoms with Crippen LogP contribution in [0, 0.1) is 17.7 Å². The summed E-state index contributed by atoms with van der Waals surface area (Å²) in [6.45, 7) is 0. The van der Waals surface area contributed by atoms with Gasteiger partial charge in [0.2, 0.25) is 0 Å². The van der Waals surface area contributed by atoms with E-state index in [1.54, 1.807) is 22.6 Å². The van der Waals surface area contributed by atoms with Crippen LogP contribution in [0.4, 0.5) is 4.39 Å². The van der Waals surface area contributed by atoms with Crippen molar-refractivity contribution in [2.24, 2.45) is 11.8 Å². The molecule has 0 spiro atoms. The molecule has 5 rings (SSSR count). The molecule has 2 aliphatic carbocycles. The number of allylic oxidation sites excluding steroid dienone is 1. The zero-order valence-corrected chi connectivity index (χ0v) is 16.7. The third-order valence-corrected chi connectivity index (χ3v) is 7.39. The second-order valence-corrected chi connectivity index (χ2v) is 9.08. The van der Waals surface area contributed by atoms with Gasteiger partial charge in [-0.2, -0.15) is 0 Å². The number of fused-ring (bicyclic) bond motifs is 2. The van der Waals surface area contributed by atoms with Gasteiger partial charge in [-0.05, 0) is 77.9 Å². The minimum Gasteiger partial charge on any atom is -0.256 e. The van der Waals surface area contributed by atoms with Gasteiger partial charge in [0.15, 0.2) is 0 Å². The average molecular weight is 390 g/mol. The lowest BCUT2D eigenvalue weighted by molar-refractivity contribution is 0.205. The molecule has 1 aromatic carbocycles. The predicted octanol–water partition coefficient (Wildman–Crippen LogP) is 7.11. The van der Waals surface area contributed by atoms with Gasteiger partial charge in [0, 0.05) is 22.6 Å². The maximum Gasteiger partial charge on any atom is 0.123 e. The molecule has 2 heterocycles. The molecule has 0 aliphatic heterocycles. The van der Waals surface area contributed by atoms with E-state index in [4.69, 9.17) is 0 Å². The van der Waals surface area contributed by atoms with Crippen LogP contribution in [0.2, 0.25) is 0 Å². The molecule has 1 nitrogen and oxygen atoms in total. The predicted molar refractivity (Wildman–Crippen MR) is 115 cm³/mol. The summed E-state index contributed by atoms with van der Waals surface area (Å²) in [4.78, 5) is 6.20. The highest BCUT2D eigenvalue weighted by molar-refractivity contribution is 7.10. The van der Waals surface area contributed by atoms with Crippen molar-refractivity contribution in [1.29, 1.82) is 0 Å². The van der Waals surface area contributed by atoms with Crippen molar-refractivity contribution in [3.8, 4) is 11.1 Å². The summed E-state index contributed by atoms with van der Waals surface area (Å²) in [6.07, 6.45) is 13.2. The Bertz CT molecular complexity index is 988. The molecule has 0 N–H and O–H groups in total. The van der Waals surface area contributed by atoms with Gasteiger partial charge in [-0.25, -0.2) is 4.39 Å². The lowest BCUT2D eigenvalue weighted by Crippen LogP contribution is -2.30. The number of hydrogen-bond donors (Lipinski definition) is 0. The standard InChI is InChI=1S/C25H24FNS/c26-20-6-3-5-17(14-20)19-8-9-21(27-16-19)10-11-23-22-7-2-1-4-18(22)15-25-24(23)12-13-28-25/h3,5-6,8-14,16,18,22-23H,1-2,4,7,15H2/b11-10+. The molecule has 0 radical (unpaired) electrons. The van der Waals surface area contributed by atoms with Crippen LogP contribution in [-0.2, 0) is 6.42 Å². The molecule has 2 aromatic heterocycles. The monoisotopic (exact) mass is 389 g/mol. The highest BCUT2D eigenvalue weighted by Gasteiger charge is 2.37. The molecule has 3 aromatic rings. The molecule has 2 aliphatic rings. The fourth-order valence-corrected chi connectivity index (χ4v) is 6.07. The number of pyridine rings is 1. The van der Waals surface area contributed by atoms with Gasteiger partial charge < -0.3 is 0 Å². The van der Waals surface area contributed by atoms with Crippen LogP contribution in [0.3, 0.4) is 0 Å². The normalized spacial score (nSPS) is 24.1. The third kappa shape index (κ3) is 3.44. The Kier molecular flexibility index (Phi) is 4.86. The number of aromatic nitrogens is 1. The Morgan fingerprint density at radius 2 is 1.96 bits per heavy atom. The fraction of sp³-hybridized carbons (Fsp3) is 0.320. The van der Waals surface area contributed by atoms with Crippen LogP contribution in [0.15, 0.2) is 60.1 Å². The van der Waals surface area contributed by atoms with Crippen molar-refractivity contribution in [1.82, 2.24) is 4.98 Å². The molecule has 3 atom stereocenters. The molecule has 142 valence electrons. The second-order valence-electron chi connectivity index (χ2n) is 8.08. The van der Waals surface area contributed by atoms with Gasteiger partial charge >= 0.3 is 0 Å². The minimum absolute atomic E-state index is 0.215. The first kappa shape index (κ1) is 17.8. The summed E-state index contributed by atoms with van der Waals surface area (Å²) >= 11 is 1.93. The van der Waals surface area contributed by atoms with Crippen LogP contribution in [0.1, 0.15) is 47.7 Å². The highest BCUT2D eigenvalue weighted by Crippen LogP contribution is 2.49. The Labute approximate surface area is 170 Å². The van der Waals surface area contributed by atoms with Crippen molar-refractivity contribution in [2.75, 3.05) is 0 Å². The summed E-state index contributed by atoms with van der Waals surface area (Å²) in [7, 11) is 0. The zero-order valence-electron chi connectivity index (χ0n) is 15.9. The van der Waals surface area contributed by atoms with E-state index in [0.29, 0.717) is 5.92 Å². The van der Waals surface area contributed by atoms with Crippen molar-refractivity contribution in [3.63, 3.8) is 0 Å². The van der Waals surface area contributed by atoms with Crippen LogP contribution in [0.25, 0.3) is 17.2 Å². The van der Waals surface area contributed by atoms with Gasteiger partial charge in [-0.15, -0.1) is 11.3 Å².